The quantitative estimate of drug-likeness (QED) is 0.673. The average Bonchev–Trinajstić information content (AvgIpc) is 2.64. The van der Waals surface area contributed by atoms with Crippen LogP contribution in [0.4, 0.5) is 0 Å². The fourth-order valence-electron chi connectivity index (χ4n) is 2.06. The zero-order valence-corrected chi connectivity index (χ0v) is 12.2. The summed E-state index contributed by atoms with van der Waals surface area (Å²) in [6.07, 6.45) is 1.34. The third kappa shape index (κ3) is 2.75. The third-order valence-electron chi connectivity index (χ3n) is 3.19. The SMILES string of the molecule is COc1cc(/C=C2/C(C)=C([N+](=O)[O-])CS2(=O)=O)ccc1O. The summed E-state index contributed by atoms with van der Waals surface area (Å²) in [5, 5.41) is 20.3. The van der Waals surface area contributed by atoms with Crippen molar-refractivity contribution in [2.75, 3.05) is 12.9 Å². The van der Waals surface area contributed by atoms with Crippen LogP contribution in [0, 0.1) is 10.1 Å². The first kappa shape index (κ1) is 15.0. The van der Waals surface area contributed by atoms with Crippen LogP contribution in [0.3, 0.4) is 0 Å². The molecule has 1 aromatic carbocycles. The Hall–Kier alpha value is -2.35. The first-order valence-electron chi connectivity index (χ1n) is 5.92. The van der Waals surface area contributed by atoms with Crippen LogP contribution in [0.5, 0.6) is 11.5 Å². The second kappa shape index (κ2) is 5.21. The minimum Gasteiger partial charge on any atom is -0.504 e. The maximum atomic E-state index is 12.0. The molecule has 1 aliphatic heterocycles. The van der Waals surface area contributed by atoms with Crippen molar-refractivity contribution < 1.29 is 23.2 Å². The molecule has 7 nitrogen and oxygen atoms in total. The Balaban J connectivity index is 2.56. The lowest BCUT2D eigenvalue weighted by Crippen LogP contribution is -2.06. The topological polar surface area (TPSA) is 107 Å². The first-order valence-corrected chi connectivity index (χ1v) is 7.57. The molecular formula is C13H13NO6S. The Morgan fingerprint density at radius 1 is 1.43 bits per heavy atom. The van der Waals surface area contributed by atoms with Crippen molar-refractivity contribution in [3.8, 4) is 11.5 Å². The molecule has 1 aliphatic rings. The fourth-order valence-corrected chi connectivity index (χ4v) is 3.80. The number of phenolic OH excluding ortho intramolecular Hbond substituents is 1. The second-order valence-electron chi connectivity index (χ2n) is 4.53. The molecule has 0 atom stereocenters. The molecule has 0 unspecified atom stereocenters. The van der Waals surface area contributed by atoms with Gasteiger partial charge in [0.1, 0.15) is 5.75 Å². The molecule has 2 rings (SSSR count). The van der Waals surface area contributed by atoms with Gasteiger partial charge in [-0.3, -0.25) is 10.1 Å². The molecule has 0 bridgehead atoms. The maximum Gasteiger partial charge on any atom is 0.265 e. The number of hydrogen-bond acceptors (Lipinski definition) is 6. The number of nitrogens with zero attached hydrogens (tertiary/aromatic N) is 1. The molecule has 112 valence electrons. The van der Waals surface area contributed by atoms with Crippen molar-refractivity contribution in [2.24, 2.45) is 0 Å². The van der Waals surface area contributed by atoms with E-state index in [4.69, 9.17) is 4.74 Å². The molecule has 8 heteroatoms. The normalized spacial score (nSPS) is 19.0. The van der Waals surface area contributed by atoms with Gasteiger partial charge < -0.3 is 9.84 Å². The van der Waals surface area contributed by atoms with Crippen LogP contribution in [0.1, 0.15) is 12.5 Å². The van der Waals surface area contributed by atoms with Crippen molar-refractivity contribution >= 4 is 15.9 Å². The summed E-state index contributed by atoms with van der Waals surface area (Å²) in [7, 11) is -2.35. The predicted octanol–water partition coefficient (Wildman–Crippen LogP) is 1.72. The van der Waals surface area contributed by atoms with Gasteiger partial charge in [-0.25, -0.2) is 8.42 Å². The Labute approximate surface area is 121 Å². The highest BCUT2D eigenvalue weighted by Gasteiger charge is 2.38. The van der Waals surface area contributed by atoms with E-state index in [9.17, 15) is 23.6 Å². The van der Waals surface area contributed by atoms with Crippen molar-refractivity contribution in [2.45, 2.75) is 6.92 Å². The summed E-state index contributed by atoms with van der Waals surface area (Å²) in [5.74, 6) is -0.490. The number of rotatable bonds is 3. The van der Waals surface area contributed by atoms with Crippen molar-refractivity contribution in [1.29, 1.82) is 0 Å². The van der Waals surface area contributed by atoms with Crippen LogP contribution >= 0.6 is 0 Å². The highest BCUT2D eigenvalue weighted by molar-refractivity contribution is 7.96. The summed E-state index contributed by atoms with van der Waals surface area (Å²) < 4.78 is 29.0. The van der Waals surface area contributed by atoms with Gasteiger partial charge in [-0.2, -0.15) is 0 Å². The number of hydrogen-bond donors (Lipinski definition) is 1. The van der Waals surface area contributed by atoms with E-state index in [0.29, 0.717) is 5.56 Å². The minimum atomic E-state index is -3.72. The zero-order chi connectivity index (χ0) is 15.8. The van der Waals surface area contributed by atoms with Crippen LogP contribution < -0.4 is 4.74 Å². The van der Waals surface area contributed by atoms with Crippen LogP contribution in [0.25, 0.3) is 6.08 Å². The zero-order valence-electron chi connectivity index (χ0n) is 11.4. The highest BCUT2D eigenvalue weighted by atomic mass is 32.2. The molecule has 0 aromatic heterocycles. The molecule has 0 fully saturated rings. The Morgan fingerprint density at radius 3 is 2.62 bits per heavy atom. The summed E-state index contributed by atoms with van der Waals surface area (Å²) in [5.41, 5.74) is 0.284. The van der Waals surface area contributed by atoms with Gasteiger partial charge in [0, 0.05) is 5.57 Å². The molecule has 0 saturated heterocycles. The number of methoxy groups -OCH3 is 1. The van der Waals surface area contributed by atoms with Crippen LogP contribution in [0.2, 0.25) is 0 Å². The summed E-state index contributed by atoms with van der Waals surface area (Å²) in [6, 6.07) is 4.31. The van der Waals surface area contributed by atoms with Crippen LogP contribution in [-0.4, -0.2) is 31.3 Å². The van der Waals surface area contributed by atoms with E-state index in [1.54, 1.807) is 0 Å². The second-order valence-corrected chi connectivity index (χ2v) is 6.49. The lowest BCUT2D eigenvalue weighted by Gasteiger charge is -2.05. The lowest BCUT2D eigenvalue weighted by atomic mass is 10.1. The number of benzene rings is 1. The van der Waals surface area contributed by atoms with Gasteiger partial charge in [0.05, 0.1) is 16.9 Å². The summed E-state index contributed by atoms with van der Waals surface area (Å²) in [4.78, 5) is 10.1. The maximum absolute atomic E-state index is 12.0. The van der Waals surface area contributed by atoms with E-state index in [2.05, 4.69) is 0 Å². The summed E-state index contributed by atoms with van der Waals surface area (Å²) in [6.45, 7) is 1.41. The first-order chi connectivity index (χ1) is 9.76. The third-order valence-corrected chi connectivity index (χ3v) is 4.93. The molecule has 21 heavy (non-hydrogen) atoms. The van der Waals surface area contributed by atoms with Crippen LogP contribution in [0.15, 0.2) is 34.4 Å². The Morgan fingerprint density at radius 2 is 2.10 bits per heavy atom. The number of nitro groups is 1. The number of allylic oxidation sites excluding steroid dienone is 1. The Bertz CT molecular complexity index is 776. The molecule has 1 N–H and O–H groups in total. The van der Waals surface area contributed by atoms with Gasteiger partial charge in [-0.05, 0) is 30.7 Å². The van der Waals surface area contributed by atoms with E-state index in [1.165, 1.54) is 38.3 Å². The molecule has 0 spiro atoms. The molecule has 0 radical (unpaired) electrons. The van der Waals surface area contributed by atoms with E-state index in [0.717, 1.165) is 0 Å². The minimum absolute atomic E-state index is 0.0767. The molecule has 0 aliphatic carbocycles. The van der Waals surface area contributed by atoms with E-state index >= 15 is 0 Å². The summed E-state index contributed by atoms with van der Waals surface area (Å²) >= 11 is 0. The van der Waals surface area contributed by atoms with Gasteiger partial charge in [-0.15, -0.1) is 0 Å². The van der Waals surface area contributed by atoms with Gasteiger partial charge in [0.25, 0.3) is 5.70 Å². The number of ether oxygens (including phenoxy) is 1. The van der Waals surface area contributed by atoms with Gasteiger partial charge >= 0.3 is 0 Å². The number of phenols is 1. The fraction of sp³-hybridized carbons (Fsp3) is 0.231. The van der Waals surface area contributed by atoms with E-state index in [-0.39, 0.29) is 27.7 Å². The number of sulfone groups is 1. The Kier molecular flexibility index (Phi) is 3.73. The molecular weight excluding hydrogens is 298 g/mol. The largest absolute Gasteiger partial charge is 0.504 e. The van der Waals surface area contributed by atoms with Gasteiger partial charge in [0.15, 0.2) is 21.3 Å². The van der Waals surface area contributed by atoms with Gasteiger partial charge in [-0.1, -0.05) is 6.07 Å². The van der Waals surface area contributed by atoms with Crippen molar-refractivity contribution in [3.63, 3.8) is 0 Å². The monoisotopic (exact) mass is 311 g/mol. The standard InChI is InChI=1S/C13H13NO6S/c1-8-10(14(16)17)7-21(18,19)13(8)6-9-3-4-11(15)12(5-9)20-2/h3-6,15H,7H2,1-2H3/b13-6-. The molecule has 1 aromatic rings. The highest BCUT2D eigenvalue weighted by Crippen LogP contribution is 2.34. The van der Waals surface area contributed by atoms with Crippen LogP contribution in [-0.2, 0) is 9.84 Å². The van der Waals surface area contributed by atoms with E-state index in [1.807, 2.05) is 0 Å². The molecule has 0 saturated carbocycles. The number of aromatic hydroxyl groups is 1. The predicted molar refractivity (Wildman–Crippen MR) is 76.1 cm³/mol. The van der Waals surface area contributed by atoms with Crippen molar-refractivity contribution in [1.82, 2.24) is 0 Å². The van der Waals surface area contributed by atoms with Crippen molar-refractivity contribution in [3.05, 3.63) is 50.1 Å². The average molecular weight is 311 g/mol. The molecule has 0 amide bonds. The molecule has 1 heterocycles. The smallest absolute Gasteiger partial charge is 0.265 e. The van der Waals surface area contributed by atoms with E-state index < -0.39 is 20.5 Å². The van der Waals surface area contributed by atoms with Gasteiger partial charge in [0.2, 0.25) is 0 Å². The lowest BCUT2D eigenvalue weighted by molar-refractivity contribution is -0.424.